The highest BCUT2D eigenvalue weighted by atomic mass is 35.5. The van der Waals surface area contributed by atoms with Crippen LogP contribution in [0.25, 0.3) is 0 Å². The number of hydrogen-bond donors (Lipinski definition) is 2. The van der Waals surface area contributed by atoms with Crippen LogP contribution in [0.2, 0.25) is 0 Å². The Hall–Kier alpha value is -0.810. The van der Waals surface area contributed by atoms with Crippen LogP contribution in [0, 0.1) is 0 Å². The smallest absolute Gasteiger partial charge is 0.240 e. The van der Waals surface area contributed by atoms with Crippen molar-refractivity contribution in [3.8, 4) is 0 Å². The number of hydrogen-bond acceptors (Lipinski definition) is 3. The zero-order valence-corrected chi connectivity index (χ0v) is 12.0. The first kappa shape index (κ1) is 17.2. The summed E-state index contributed by atoms with van der Waals surface area (Å²) in [5.74, 6) is -0.0306. The summed E-state index contributed by atoms with van der Waals surface area (Å²) in [4.78, 5) is 25.2. The zero-order valence-electron chi connectivity index (χ0n) is 11.2. The number of rotatable bonds is 5. The van der Waals surface area contributed by atoms with E-state index >= 15 is 0 Å². The van der Waals surface area contributed by atoms with Crippen LogP contribution < -0.4 is 10.6 Å². The van der Waals surface area contributed by atoms with Crippen LogP contribution >= 0.6 is 12.4 Å². The lowest BCUT2D eigenvalue weighted by atomic mass is 10.0. The molecule has 1 rings (SSSR count). The monoisotopic (exact) mass is 277 g/mol. The van der Waals surface area contributed by atoms with Crippen molar-refractivity contribution in [3.05, 3.63) is 0 Å². The van der Waals surface area contributed by atoms with E-state index in [0.29, 0.717) is 13.1 Å². The van der Waals surface area contributed by atoms with E-state index < -0.39 is 0 Å². The van der Waals surface area contributed by atoms with E-state index in [1.54, 1.807) is 4.90 Å². The first-order valence-electron chi connectivity index (χ1n) is 6.47. The summed E-state index contributed by atoms with van der Waals surface area (Å²) in [6.45, 7) is 6.02. The Labute approximate surface area is 115 Å². The predicted octanol–water partition coefficient (Wildman–Crippen LogP) is 0.535. The minimum atomic E-state index is -0.0990. The molecule has 1 aliphatic heterocycles. The van der Waals surface area contributed by atoms with Crippen molar-refractivity contribution in [1.29, 1.82) is 0 Å². The maximum atomic E-state index is 12.2. The van der Waals surface area contributed by atoms with E-state index in [4.69, 9.17) is 0 Å². The summed E-state index contributed by atoms with van der Waals surface area (Å²) in [6, 6.07) is -0.0990. The summed E-state index contributed by atoms with van der Waals surface area (Å²) in [5, 5.41) is 5.93. The Balaban J connectivity index is 0.00000289. The maximum Gasteiger partial charge on any atom is 0.240 e. The van der Waals surface area contributed by atoms with Gasteiger partial charge < -0.3 is 15.5 Å². The number of piperidine rings is 1. The molecule has 1 atom stereocenters. The average Bonchev–Trinajstić information content (AvgIpc) is 2.36. The van der Waals surface area contributed by atoms with Crippen molar-refractivity contribution in [2.24, 2.45) is 0 Å². The Morgan fingerprint density at radius 2 is 2.06 bits per heavy atom. The Kier molecular flexibility index (Phi) is 8.75. The SMILES string of the molecule is CCNC(=O)CN(CC)C(=O)C1CCCCN1.Cl. The number of carbonyl (C=O) groups is 2. The van der Waals surface area contributed by atoms with E-state index in [0.717, 1.165) is 25.8 Å². The molecular formula is C12H24ClN3O2. The normalized spacial score (nSPS) is 18.7. The van der Waals surface area contributed by atoms with Crippen LogP contribution in [0.3, 0.4) is 0 Å². The van der Waals surface area contributed by atoms with E-state index in [1.165, 1.54) is 0 Å². The molecule has 106 valence electrons. The Morgan fingerprint density at radius 1 is 1.33 bits per heavy atom. The van der Waals surface area contributed by atoms with Gasteiger partial charge in [-0.15, -0.1) is 12.4 Å². The lowest BCUT2D eigenvalue weighted by Crippen LogP contribution is -2.51. The molecule has 0 aromatic heterocycles. The van der Waals surface area contributed by atoms with E-state index in [-0.39, 0.29) is 36.8 Å². The molecule has 5 nitrogen and oxygen atoms in total. The second-order valence-electron chi connectivity index (χ2n) is 4.31. The molecule has 1 fully saturated rings. The van der Waals surface area contributed by atoms with Crippen LogP contribution in [0.5, 0.6) is 0 Å². The molecular weight excluding hydrogens is 254 g/mol. The van der Waals surface area contributed by atoms with Crippen molar-refractivity contribution < 1.29 is 9.59 Å². The summed E-state index contributed by atoms with van der Waals surface area (Å²) >= 11 is 0. The molecule has 1 unspecified atom stereocenters. The number of carbonyl (C=O) groups excluding carboxylic acids is 2. The molecule has 1 heterocycles. The van der Waals surface area contributed by atoms with Crippen molar-refractivity contribution in [1.82, 2.24) is 15.5 Å². The van der Waals surface area contributed by atoms with Crippen LogP contribution in [0.15, 0.2) is 0 Å². The molecule has 0 spiro atoms. The van der Waals surface area contributed by atoms with Crippen molar-refractivity contribution in [2.75, 3.05) is 26.2 Å². The van der Waals surface area contributed by atoms with Gasteiger partial charge in [-0.3, -0.25) is 9.59 Å². The summed E-state index contributed by atoms with van der Waals surface area (Å²) in [5.41, 5.74) is 0. The van der Waals surface area contributed by atoms with E-state index in [9.17, 15) is 9.59 Å². The van der Waals surface area contributed by atoms with Gasteiger partial charge in [-0.1, -0.05) is 6.42 Å². The van der Waals surface area contributed by atoms with Gasteiger partial charge in [0.15, 0.2) is 0 Å². The number of halogens is 1. The first-order chi connectivity index (χ1) is 8.19. The lowest BCUT2D eigenvalue weighted by Gasteiger charge is -2.28. The molecule has 0 aromatic rings. The van der Waals surface area contributed by atoms with Gasteiger partial charge in [0.2, 0.25) is 11.8 Å². The quantitative estimate of drug-likeness (QED) is 0.771. The molecule has 2 N–H and O–H groups in total. The van der Waals surface area contributed by atoms with E-state index in [1.807, 2.05) is 13.8 Å². The van der Waals surface area contributed by atoms with Gasteiger partial charge in [-0.05, 0) is 33.2 Å². The number of likely N-dealkylation sites (N-methyl/N-ethyl adjacent to an activating group) is 2. The molecule has 0 aliphatic carbocycles. The molecule has 0 radical (unpaired) electrons. The lowest BCUT2D eigenvalue weighted by molar-refractivity contribution is -0.138. The van der Waals surface area contributed by atoms with Crippen LogP contribution in [0.1, 0.15) is 33.1 Å². The third-order valence-corrected chi connectivity index (χ3v) is 3.01. The molecule has 0 bridgehead atoms. The first-order valence-corrected chi connectivity index (χ1v) is 6.47. The average molecular weight is 278 g/mol. The highest BCUT2D eigenvalue weighted by molar-refractivity contribution is 5.87. The Morgan fingerprint density at radius 3 is 2.56 bits per heavy atom. The highest BCUT2D eigenvalue weighted by Gasteiger charge is 2.25. The van der Waals surface area contributed by atoms with Crippen molar-refractivity contribution in [3.63, 3.8) is 0 Å². The molecule has 1 saturated heterocycles. The minimum absolute atomic E-state index is 0. The molecule has 6 heteroatoms. The molecule has 2 amide bonds. The maximum absolute atomic E-state index is 12.2. The van der Waals surface area contributed by atoms with Gasteiger partial charge in [-0.25, -0.2) is 0 Å². The van der Waals surface area contributed by atoms with Crippen molar-refractivity contribution >= 4 is 24.2 Å². The molecule has 0 aromatic carbocycles. The molecule has 1 aliphatic rings. The topological polar surface area (TPSA) is 61.4 Å². The second kappa shape index (κ2) is 9.16. The third kappa shape index (κ3) is 5.23. The third-order valence-electron chi connectivity index (χ3n) is 3.01. The zero-order chi connectivity index (χ0) is 12.7. The van der Waals surface area contributed by atoms with Crippen LogP contribution in [-0.4, -0.2) is 48.9 Å². The molecule has 18 heavy (non-hydrogen) atoms. The van der Waals surface area contributed by atoms with Crippen molar-refractivity contribution in [2.45, 2.75) is 39.2 Å². The fourth-order valence-corrected chi connectivity index (χ4v) is 2.05. The summed E-state index contributed by atoms with van der Waals surface area (Å²) in [6.07, 6.45) is 3.10. The van der Waals surface area contributed by atoms with Gasteiger partial charge >= 0.3 is 0 Å². The number of amides is 2. The number of nitrogens with one attached hydrogen (secondary N) is 2. The minimum Gasteiger partial charge on any atom is -0.355 e. The standard InChI is InChI=1S/C12H23N3O2.ClH/c1-3-13-11(16)9-15(4-2)12(17)10-7-5-6-8-14-10;/h10,14H,3-9H2,1-2H3,(H,13,16);1H. The fraction of sp³-hybridized carbons (Fsp3) is 0.833. The van der Waals surface area contributed by atoms with Gasteiger partial charge in [0.1, 0.15) is 0 Å². The van der Waals surface area contributed by atoms with Gasteiger partial charge in [-0.2, -0.15) is 0 Å². The Bertz CT molecular complexity index is 268. The summed E-state index contributed by atoms with van der Waals surface area (Å²) < 4.78 is 0. The van der Waals surface area contributed by atoms with Crippen LogP contribution in [0.4, 0.5) is 0 Å². The van der Waals surface area contributed by atoms with Gasteiger partial charge in [0.25, 0.3) is 0 Å². The van der Waals surface area contributed by atoms with Crippen LogP contribution in [-0.2, 0) is 9.59 Å². The largest absolute Gasteiger partial charge is 0.355 e. The van der Waals surface area contributed by atoms with Gasteiger partial charge in [0.05, 0.1) is 12.6 Å². The second-order valence-corrected chi connectivity index (χ2v) is 4.31. The molecule has 0 saturated carbocycles. The fourth-order valence-electron chi connectivity index (χ4n) is 2.05. The number of nitrogens with zero attached hydrogens (tertiary/aromatic N) is 1. The highest BCUT2D eigenvalue weighted by Crippen LogP contribution is 2.09. The van der Waals surface area contributed by atoms with Gasteiger partial charge in [0, 0.05) is 13.1 Å². The van der Waals surface area contributed by atoms with E-state index in [2.05, 4.69) is 10.6 Å². The summed E-state index contributed by atoms with van der Waals surface area (Å²) in [7, 11) is 0. The predicted molar refractivity (Wildman–Crippen MR) is 73.8 cm³/mol.